The highest BCUT2D eigenvalue weighted by Crippen LogP contribution is 2.22. The zero-order chi connectivity index (χ0) is 8.97. The van der Waals surface area contributed by atoms with Crippen molar-refractivity contribution in [2.24, 2.45) is 0 Å². The Bertz CT molecular complexity index is 295. The minimum atomic E-state index is 0.523. The quantitative estimate of drug-likeness (QED) is 0.698. The first-order chi connectivity index (χ1) is 5.74. The maximum absolute atomic E-state index is 5.77. The molecular weight excluding hydrogens is 259 g/mol. The third-order valence-corrected chi connectivity index (χ3v) is 2.45. The van der Waals surface area contributed by atoms with E-state index in [9.17, 15) is 0 Å². The molecule has 0 aliphatic carbocycles. The summed E-state index contributed by atoms with van der Waals surface area (Å²) in [5, 5.41) is 0.727. The predicted octanol–water partition coefficient (Wildman–Crippen LogP) is 4.35. The van der Waals surface area contributed by atoms with Gasteiger partial charge in [0.15, 0.2) is 0 Å². The van der Waals surface area contributed by atoms with Crippen LogP contribution >= 0.6 is 39.1 Å². The molecule has 0 saturated carbocycles. The van der Waals surface area contributed by atoms with E-state index < -0.39 is 0 Å². The summed E-state index contributed by atoms with van der Waals surface area (Å²) in [5.74, 6) is 0.523. The molecule has 0 saturated heterocycles. The lowest BCUT2D eigenvalue weighted by molar-refractivity contribution is 1.59. The van der Waals surface area contributed by atoms with E-state index in [-0.39, 0.29) is 0 Å². The van der Waals surface area contributed by atoms with Gasteiger partial charge in [0.1, 0.15) is 0 Å². The van der Waals surface area contributed by atoms with Crippen LogP contribution in [0.25, 0.3) is 6.08 Å². The van der Waals surface area contributed by atoms with E-state index in [1.54, 1.807) is 0 Å². The van der Waals surface area contributed by atoms with Crippen molar-refractivity contribution in [1.82, 2.24) is 0 Å². The average Bonchev–Trinajstić information content (AvgIpc) is 2.03. The molecule has 0 fully saturated rings. The lowest BCUT2D eigenvalue weighted by Gasteiger charge is -1.97. The maximum atomic E-state index is 5.77. The molecule has 0 aromatic heterocycles. The molecule has 1 aromatic carbocycles. The number of hydrogen-bond acceptors (Lipinski definition) is 0. The van der Waals surface area contributed by atoms with Crippen LogP contribution in [0.15, 0.2) is 28.7 Å². The van der Waals surface area contributed by atoms with Gasteiger partial charge in [0.2, 0.25) is 0 Å². The third-order valence-electron chi connectivity index (χ3n) is 1.35. The van der Waals surface area contributed by atoms with E-state index in [0.717, 1.165) is 15.1 Å². The van der Waals surface area contributed by atoms with E-state index in [1.807, 2.05) is 30.4 Å². The van der Waals surface area contributed by atoms with Gasteiger partial charge in [-0.1, -0.05) is 45.7 Å². The molecule has 0 aliphatic rings. The molecule has 3 heteroatoms. The molecule has 0 aliphatic heterocycles. The first-order valence-electron chi connectivity index (χ1n) is 3.41. The minimum Gasteiger partial charge on any atom is -0.122 e. The SMILES string of the molecule is ClC/C=C/c1ccc(Cl)cc1Br. The summed E-state index contributed by atoms with van der Waals surface area (Å²) >= 11 is 14.7. The van der Waals surface area contributed by atoms with Gasteiger partial charge < -0.3 is 0 Å². The lowest BCUT2D eigenvalue weighted by Crippen LogP contribution is -1.75. The summed E-state index contributed by atoms with van der Waals surface area (Å²) in [5.41, 5.74) is 1.08. The van der Waals surface area contributed by atoms with Crippen molar-refractivity contribution in [3.05, 3.63) is 39.3 Å². The molecule has 0 unspecified atom stereocenters. The van der Waals surface area contributed by atoms with Crippen LogP contribution in [0.2, 0.25) is 5.02 Å². The second kappa shape index (κ2) is 4.90. The second-order valence-corrected chi connectivity index (χ2v) is 3.82. The van der Waals surface area contributed by atoms with Gasteiger partial charge in [0.25, 0.3) is 0 Å². The number of allylic oxidation sites excluding steroid dienone is 1. The van der Waals surface area contributed by atoms with Gasteiger partial charge >= 0.3 is 0 Å². The van der Waals surface area contributed by atoms with Gasteiger partial charge in [0.05, 0.1) is 0 Å². The predicted molar refractivity (Wildman–Crippen MR) is 58.9 cm³/mol. The molecule has 0 amide bonds. The van der Waals surface area contributed by atoms with Crippen LogP contribution < -0.4 is 0 Å². The van der Waals surface area contributed by atoms with Crippen molar-refractivity contribution < 1.29 is 0 Å². The fourth-order valence-electron chi connectivity index (χ4n) is 0.808. The monoisotopic (exact) mass is 264 g/mol. The van der Waals surface area contributed by atoms with Crippen LogP contribution in [-0.4, -0.2) is 5.88 Å². The molecule has 1 aromatic rings. The van der Waals surface area contributed by atoms with Crippen molar-refractivity contribution in [3.63, 3.8) is 0 Å². The van der Waals surface area contributed by atoms with Gasteiger partial charge in [0, 0.05) is 15.4 Å². The van der Waals surface area contributed by atoms with Crippen LogP contribution in [0.4, 0.5) is 0 Å². The first kappa shape index (κ1) is 10.1. The van der Waals surface area contributed by atoms with Crippen LogP contribution in [0.1, 0.15) is 5.56 Å². The Morgan fingerprint density at radius 1 is 1.42 bits per heavy atom. The summed E-state index contributed by atoms with van der Waals surface area (Å²) in [6.07, 6.45) is 3.84. The van der Waals surface area contributed by atoms with Crippen LogP contribution in [0.5, 0.6) is 0 Å². The fraction of sp³-hybridized carbons (Fsp3) is 0.111. The maximum Gasteiger partial charge on any atom is 0.0417 e. The lowest BCUT2D eigenvalue weighted by atomic mass is 10.2. The van der Waals surface area contributed by atoms with E-state index in [2.05, 4.69) is 15.9 Å². The molecule has 0 radical (unpaired) electrons. The van der Waals surface area contributed by atoms with Crippen molar-refractivity contribution in [1.29, 1.82) is 0 Å². The van der Waals surface area contributed by atoms with Gasteiger partial charge in [-0.25, -0.2) is 0 Å². The molecule has 12 heavy (non-hydrogen) atoms. The Labute approximate surface area is 90.3 Å². The second-order valence-electron chi connectivity index (χ2n) is 2.22. The number of benzene rings is 1. The van der Waals surface area contributed by atoms with E-state index in [0.29, 0.717) is 5.88 Å². The van der Waals surface area contributed by atoms with Crippen LogP contribution in [-0.2, 0) is 0 Å². The van der Waals surface area contributed by atoms with Gasteiger partial charge in [-0.2, -0.15) is 0 Å². The number of rotatable bonds is 2. The Morgan fingerprint density at radius 2 is 2.17 bits per heavy atom. The smallest absolute Gasteiger partial charge is 0.0417 e. The molecule has 0 N–H and O–H groups in total. The number of hydrogen-bond donors (Lipinski definition) is 0. The normalized spacial score (nSPS) is 10.9. The van der Waals surface area contributed by atoms with E-state index in [1.165, 1.54) is 0 Å². The van der Waals surface area contributed by atoms with Gasteiger partial charge in [-0.3, -0.25) is 0 Å². The van der Waals surface area contributed by atoms with Crippen molar-refractivity contribution in [2.75, 3.05) is 5.88 Å². The van der Waals surface area contributed by atoms with Crippen molar-refractivity contribution in [2.45, 2.75) is 0 Å². The largest absolute Gasteiger partial charge is 0.122 e. The van der Waals surface area contributed by atoms with Crippen LogP contribution in [0.3, 0.4) is 0 Å². The molecule has 0 heterocycles. The summed E-state index contributed by atoms with van der Waals surface area (Å²) in [4.78, 5) is 0. The molecule has 0 nitrogen and oxygen atoms in total. The van der Waals surface area contributed by atoms with Gasteiger partial charge in [-0.15, -0.1) is 11.6 Å². The summed E-state index contributed by atoms with van der Waals surface area (Å²) in [7, 11) is 0. The van der Waals surface area contributed by atoms with E-state index >= 15 is 0 Å². The third kappa shape index (κ3) is 2.81. The Kier molecular flexibility index (Phi) is 4.13. The fourth-order valence-corrected chi connectivity index (χ4v) is 1.71. The summed E-state index contributed by atoms with van der Waals surface area (Å²) in [6, 6.07) is 5.64. The highest BCUT2D eigenvalue weighted by Gasteiger charge is 1.95. The van der Waals surface area contributed by atoms with Gasteiger partial charge in [-0.05, 0) is 17.7 Å². The summed E-state index contributed by atoms with van der Waals surface area (Å²) < 4.78 is 0.983. The highest BCUT2D eigenvalue weighted by atomic mass is 79.9. The Hall–Kier alpha value is 0.0200. The Balaban J connectivity index is 2.94. The van der Waals surface area contributed by atoms with E-state index in [4.69, 9.17) is 23.2 Å². The summed E-state index contributed by atoms with van der Waals surface area (Å²) in [6.45, 7) is 0. The molecule has 0 bridgehead atoms. The molecule has 0 spiro atoms. The average molecular weight is 266 g/mol. The molecule has 64 valence electrons. The minimum absolute atomic E-state index is 0.523. The highest BCUT2D eigenvalue weighted by molar-refractivity contribution is 9.10. The van der Waals surface area contributed by atoms with Crippen LogP contribution in [0, 0.1) is 0 Å². The van der Waals surface area contributed by atoms with Crippen molar-refractivity contribution >= 4 is 45.2 Å². The zero-order valence-electron chi connectivity index (χ0n) is 6.23. The first-order valence-corrected chi connectivity index (χ1v) is 5.12. The number of halogens is 3. The zero-order valence-corrected chi connectivity index (χ0v) is 9.33. The number of alkyl halides is 1. The molecular formula is C9H7BrCl2. The topological polar surface area (TPSA) is 0 Å². The molecule has 1 rings (SSSR count). The standard InChI is InChI=1S/C9H7BrCl2/c10-9-6-8(12)4-3-7(9)2-1-5-11/h1-4,6H,5H2/b2-1+. The molecule has 0 atom stereocenters. The van der Waals surface area contributed by atoms with Crippen molar-refractivity contribution in [3.8, 4) is 0 Å². The Morgan fingerprint density at radius 3 is 2.75 bits per heavy atom.